The summed E-state index contributed by atoms with van der Waals surface area (Å²) in [4.78, 5) is 4.78. The summed E-state index contributed by atoms with van der Waals surface area (Å²) in [6.07, 6.45) is 9.60. The van der Waals surface area contributed by atoms with E-state index in [1.807, 2.05) is 79.1 Å². The summed E-state index contributed by atoms with van der Waals surface area (Å²) in [5, 5.41) is 13.5. The molecule has 1 aromatic heterocycles. The van der Waals surface area contributed by atoms with Gasteiger partial charge in [-0.2, -0.15) is 0 Å². The molecule has 1 aliphatic carbocycles. The zero-order valence-electron chi connectivity index (χ0n) is 14.1. The standard InChI is InChI=1S/C22H16ClNOS/c1-26-22-20(21(25)15-9-5-6-10-15)19(14-7-3-2-4-8-14)17-13-16(23)11-12-18(17)24-22/h2-13,25H,1H3. The van der Waals surface area contributed by atoms with E-state index in [4.69, 9.17) is 16.6 Å². The van der Waals surface area contributed by atoms with E-state index in [9.17, 15) is 5.11 Å². The summed E-state index contributed by atoms with van der Waals surface area (Å²) in [5.74, 6) is 0.229. The number of aromatic nitrogens is 1. The van der Waals surface area contributed by atoms with Gasteiger partial charge in [0.2, 0.25) is 0 Å². The summed E-state index contributed by atoms with van der Waals surface area (Å²) >= 11 is 7.80. The van der Waals surface area contributed by atoms with Gasteiger partial charge in [0.1, 0.15) is 10.8 Å². The van der Waals surface area contributed by atoms with Crippen molar-refractivity contribution >= 4 is 40.0 Å². The molecule has 0 saturated carbocycles. The number of allylic oxidation sites excluding steroid dienone is 5. The van der Waals surface area contributed by atoms with Gasteiger partial charge < -0.3 is 5.11 Å². The molecule has 0 aliphatic heterocycles. The van der Waals surface area contributed by atoms with Gasteiger partial charge in [-0.25, -0.2) is 4.98 Å². The minimum Gasteiger partial charge on any atom is -0.507 e. The summed E-state index contributed by atoms with van der Waals surface area (Å²) in [6.45, 7) is 0. The van der Waals surface area contributed by atoms with Crippen LogP contribution >= 0.6 is 23.4 Å². The van der Waals surface area contributed by atoms with Crippen molar-refractivity contribution in [3.05, 3.63) is 89.0 Å². The van der Waals surface area contributed by atoms with Gasteiger partial charge in [0.25, 0.3) is 0 Å². The van der Waals surface area contributed by atoms with Gasteiger partial charge in [-0.1, -0.05) is 66.2 Å². The van der Waals surface area contributed by atoms with Crippen molar-refractivity contribution in [3.63, 3.8) is 0 Å². The molecule has 0 saturated heterocycles. The first-order chi connectivity index (χ1) is 12.7. The van der Waals surface area contributed by atoms with Gasteiger partial charge >= 0.3 is 0 Å². The van der Waals surface area contributed by atoms with Crippen LogP contribution in [0.4, 0.5) is 0 Å². The van der Waals surface area contributed by atoms with Crippen molar-refractivity contribution in [1.82, 2.24) is 4.98 Å². The second-order valence-electron chi connectivity index (χ2n) is 5.92. The molecule has 128 valence electrons. The largest absolute Gasteiger partial charge is 0.507 e. The van der Waals surface area contributed by atoms with E-state index in [1.165, 1.54) is 11.8 Å². The highest BCUT2D eigenvalue weighted by atomic mass is 35.5. The second kappa shape index (κ2) is 7.02. The maximum absolute atomic E-state index is 11.1. The molecule has 0 atom stereocenters. The number of hydrogen-bond donors (Lipinski definition) is 1. The third kappa shape index (κ3) is 2.94. The zero-order valence-corrected chi connectivity index (χ0v) is 15.7. The Kier molecular flexibility index (Phi) is 4.58. The number of rotatable bonds is 3. The van der Waals surface area contributed by atoms with Gasteiger partial charge in [0.05, 0.1) is 11.1 Å². The normalized spacial score (nSPS) is 12.9. The molecule has 1 heterocycles. The predicted molar refractivity (Wildman–Crippen MR) is 112 cm³/mol. The molecule has 3 aromatic rings. The highest BCUT2D eigenvalue weighted by Gasteiger charge is 2.21. The highest BCUT2D eigenvalue weighted by molar-refractivity contribution is 7.98. The molecule has 0 bridgehead atoms. The maximum Gasteiger partial charge on any atom is 0.133 e. The van der Waals surface area contributed by atoms with E-state index in [1.54, 1.807) is 0 Å². The van der Waals surface area contributed by atoms with Crippen molar-refractivity contribution in [2.75, 3.05) is 6.26 Å². The third-order valence-corrected chi connectivity index (χ3v) is 5.26. The van der Waals surface area contributed by atoms with Gasteiger partial charge in [-0.15, -0.1) is 11.8 Å². The fourth-order valence-electron chi connectivity index (χ4n) is 3.16. The molecule has 2 nitrogen and oxygen atoms in total. The third-order valence-electron chi connectivity index (χ3n) is 4.34. The van der Waals surface area contributed by atoms with E-state index in [0.717, 1.165) is 38.2 Å². The lowest BCUT2D eigenvalue weighted by atomic mass is 9.94. The van der Waals surface area contributed by atoms with Crippen LogP contribution in [0.25, 0.3) is 27.8 Å². The smallest absolute Gasteiger partial charge is 0.133 e. The molecule has 1 aliphatic rings. The average Bonchev–Trinajstić information content (AvgIpc) is 3.21. The minimum atomic E-state index is 0.229. The van der Waals surface area contributed by atoms with Crippen LogP contribution in [-0.4, -0.2) is 16.3 Å². The van der Waals surface area contributed by atoms with Gasteiger partial charge in [0.15, 0.2) is 0 Å². The fraction of sp³-hybridized carbons (Fsp3) is 0.0455. The topological polar surface area (TPSA) is 33.1 Å². The van der Waals surface area contributed by atoms with Crippen LogP contribution in [-0.2, 0) is 0 Å². The van der Waals surface area contributed by atoms with E-state index < -0.39 is 0 Å². The van der Waals surface area contributed by atoms with E-state index >= 15 is 0 Å². The first kappa shape index (κ1) is 17.0. The molecule has 0 spiro atoms. The Balaban J connectivity index is 2.17. The van der Waals surface area contributed by atoms with Crippen molar-refractivity contribution in [1.29, 1.82) is 0 Å². The number of pyridine rings is 1. The SMILES string of the molecule is CSc1nc2ccc(Cl)cc2c(-c2ccccc2)c1C(O)=C1C=CC=C1. The number of hydrogen-bond acceptors (Lipinski definition) is 3. The van der Waals surface area contributed by atoms with Crippen LogP contribution in [0.15, 0.2) is 83.4 Å². The van der Waals surface area contributed by atoms with Crippen molar-refractivity contribution in [2.45, 2.75) is 5.03 Å². The van der Waals surface area contributed by atoms with Crippen molar-refractivity contribution < 1.29 is 5.11 Å². The monoisotopic (exact) mass is 377 g/mol. The minimum absolute atomic E-state index is 0.229. The number of fused-ring (bicyclic) bond motifs is 1. The summed E-state index contributed by atoms with van der Waals surface area (Å²) < 4.78 is 0. The van der Waals surface area contributed by atoms with E-state index in [-0.39, 0.29) is 5.76 Å². The quantitative estimate of drug-likeness (QED) is 0.408. The second-order valence-corrected chi connectivity index (χ2v) is 7.15. The maximum atomic E-state index is 11.1. The molecule has 4 heteroatoms. The lowest BCUT2D eigenvalue weighted by Gasteiger charge is -2.17. The van der Waals surface area contributed by atoms with Crippen LogP contribution in [0.2, 0.25) is 5.02 Å². The van der Waals surface area contributed by atoms with Crippen LogP contribution in [0.1, 0.15) is 5.56 Å². The lowest BCUT2D eigenvalue weighted by molar-refractivity contribution is 0.507. The Labute approximate surface area is 161 Å². The molecule has 0 amide bonds. The molecule has 26 heavy (non-hydrogen) atoms. The fourth-order valence-corrected chi connectivity index (χ4v) is 3.93. The average molecular weight is 378 g/mol. The van der Waals surface area contributed by atoms with Gasteiger partial charge in [-0.05, 0) is 30.0 Å². The Morgan fingerprint density at radius 3 is 2.46 bits per heavy atom. The number of nitrogens with zero attached hydrogens (tertiary/aromatic N) is 1. The molecule has 0 fully saturated rings. The van der Waals surface area contributed by atoms with Crippen LogP contribution in [0.5, 0.6) is 0 Å². The summed E-state index contributed by atoms with van der Waals surface area (Å²) in [7, 11) is 0. The highest BCUT2D eigenvalue weighted by Crippen LogP contribution is 2.41. The lowest BCUT2D eigenvalue weighted by Crippen LogP contribution is -1.99. The first-order valence-electron chi connectivity index (χ1n) is 8.20. The van der Waals surface area contributed by atoms with E-state index in [2.05, 4.69) is 0 Å². The first-order valence-corrected chi connectivity index (χ1v) is 9.80. The van der Waals surface area contributed by atoms with Crippen LogP contribution in [0, 0.1) is 0 Å². The van der Waals surface area contributed by atoms with Crippen LogP contribution < -0.4 is 0 Å². The molecular formula is C22H16ClNOS. The number of thioether (sulfide) groups is 1. The molecule has 1 N–H and O–H groups in total. The van der Waals surface area contributed by atoms with Gasteiger partial charge in [0, 0.05) is 21.5 Å². The summed E-state index contributed by atoms with van der Waals surface area (Å²) in [6, 6.07) is 15.7. The molecule has 0 radical (unpaired) electrons. The summed E-state index contributed by atoms with van der Waals surface area (Å²) in [5.41, 5.74) is 4.34. The number of benzene rings is 2. The molecule has 0 unspecified atom stereocenters. The molecule has 2 aromatic carbocycles. The molecule has 4 rings (SSSR count). The Hall–Kier alpha value is -2.49. The van der Waals surface area contributed by atoms with E-state index in [0.29, 0.717) is 5.02 Å². The number of aliphatic hydroxyl groups is 1. The van der Waals surface area contributed by atoms with Gasteiger partial charge in [-0.3, -0.25) is 0 Å². The van der Waals surface area contributed by atoms with Crippen molar-refractivity contribution in [3.8, 4) is 11.1 Å². The van der Waals surface area contributed by atoms with Crippen LogP contribution in [0.3, 0.4) is 0 Å². The molecular weight excluding hydrogens is 362 g/mol. The number of aliphatic hydroxyl groups excluding tert-OH is 1. The Bertz CT molecular complexity index is 1070. The van der Waals surface area contributed by atoms with Crippen molar-refractivity contribution in [2.24, 2.45) is 0 Å². The predicted octanol–water partition coefficient (Wildman–Crippen LogP) is 6.67. The Morgan fingerprint density at radius 2 is 1.77 bits per heavy atom. The Morgan fingerprint density at radius 1 is 1.04 bits per heavy atom. The zero-order chi connectivity index (χ0) is 18.1. The number of halogens is 1.